The molecule has 98 valence electrons. The number of hydrogen-bond donors (Lipinski definition) is 0. The van der Waals surface area contributed by atoms with Crippen molar-refractivity contribution in [1.29, 1.82) is 0 Å². The number of amides is 1. The van der Waals surface area contributed by atoms with Gasteiger partial charge in [-0.3, -0.25) is 9.78 Å². The highest BCUT2D eigenvalue weighted by molar-refractivity contribution is 9.10. The van der Waals surface area contributed by atoms with Crippen LogP contribution in [0.3, 0.4) is 0 Å². The maximum Gasteiger partial charge on any atom is 0.255 e. The molecule has 0 unspecified atom stereocenters. The van der Waals surface area contributed by atoms with Crippen LogP contribution in [0, 0.1) is 0 Å². The first kappa shape index (κ1) is 14.0. The highest BCUT2D eigenvalue weighted by atomic mass is 79.9. The van der Waals surface area contributed by atoms with E-state index in [0.29, 0.717) is 17.1 Å². The maximum atomic E-state index is 12.3. The number of pyridine rings is 1. The smallest absolute Gasteiger partial charge is 0.255 e. The predicted molar refractivity (Wildman–Crippen MR) is 79.2 cm³/mol. The molecule has 3 nitrogen and oxygen atoms in total. The molecule has 5 heteroatoms. The lowest BCUT2D eigenvalue weighted by molar-refractivity contribution is 0.0785. The topological polar surface area (TPSA) is 33.2 Å². The molecule has 0 spiro atoms. The van der Waals surface area contributed by atoms with Gasteiger partial charge in [0.05, 0.1) is 10.6 Å². The molecule has 1 aromatic heterocycles. The quantitative estimate of drug-likeness (QED) is 0.853. The number of benzene rings is 1. The first-order valence-electron chi connectivity index (χ1n) is 5.67. The third-order valence-electron chi connectivity index (χ3n) is 2.65. The summed E-state index contributed by atoms with van der Waals surface area (Å²) in [6, 6.07) is 9.01. The van der Waals surface area contributed by atoms with Gasteiger partial charge in [0.1, 0.15) is 0 Å². The van der Waals surface area contributed by atoms with Gasteiger partial charge in [0.15, 0.2) is 0 Å². The summed E-state index contributed by atoms with van der Waals surface area (Å²) in [7, 11) is 1.74. The lowest BCUT2D eigenvalue weighted by Crippen LogP contribution is -2.26. The lowest BCUT2D eigenvalue weighted by atomic mass is 10.2. The van der Waals surface area contributed by atoms with E-state index >= 15 is 0 Å². The standard InChI is InChI=1S/C14H12BrClN2O/c1-18(9-10-3-2-6-17-8-10)14(19)12-7-11(15)4-5-13(12)16/h2-8H,9H2,1H3. The molecule has 2 rings (SSSR count). The molecular weight excluding hydrogens is 328 g/mol. The number of halogens is 2. The van der Waals surface area contributed by atoms with Crippen molar-refractivity contribution in [3.05, 3.63) is 63.3 Å². The van der Waals surface area contributed by atoms with Crippen LogP contribution in [0.2, 0.25) is 5.02 Å². The van der Waals surface area contributed by atoms with Gasteiger partial charge >= 0.3 is 0 Å². The van der Waals surface area contributed by atoms with Crippen LogP contribution in [0.25, 0.3) is 0 Å². The molecular formula is C14H12BrClN2O. The minimum atomic E-state index is -0.116. The zero-order valence-electron chi connectivity index (χ0n) is 10.3. The van der Waals surface area contributed by atoms with Gasteiger partial charge < -0.3 is 4.90 Å². The molecule has 0 saturated heterocycles. The van der Waals surface area contributed by atoms with Gasteiger partial charge in [-0.25, -0.2) is 0 Å². The molecule has 0 aliphatic heterocycles. The SMILES string of the molecule is CN(Cc1cccnc1)C(=O)c1cc(Br)ccc1Cl. The fraction of sp³-hybridized carbons (Fsp3) is 0.143. The Balaban J connectivity index is 2.17. The van der Waals surface area contributed by atoms with Crippen LogP contribution in [0.1, 0.15) is 15.9 Å². The van der Waals surface area contributed by atoms with Crippen molar-refractivity contribution < 1.29 is 4.79 Å². The zero-order valence-corrected chi connectivity index (χ0v) is 12.6. The summed E-state index contributed by atoms with van der Waals surface area (Å²) < 4.78 is 0.829. The molecule has 0 aliphatic rings. The van der Waals surface area contributed by atoms with E-state index in [2.05, 4.69) is 20.9 Å². The van der Waals surface area contributed by atoms with Crippen LogP contribution < -0.4 is 0 Å². The molecule has 0 fully saturated rings. The van der Waals surface area contributed by atoms with E-state index in [-0.39, 0.29) is 5.91 Å². The highest BCUT2D eigenvalue weighted by Gasteiger charge is 2.15. The molecule has 0 radical (unpaired) electrons. The fourth-order valence-electron chi connectivity index (χ4n) is 1.70. The Labute approximate surface area is 125 Å². The Bertz CT molecular complexity index is 589. The number of aromatic nitrogens is 1. The molecule has 2 aromatic rings. The molecule has 0 N–H and O–H groups in total. The highest BCUT2D eigenvalue weighted by Crippen LogP contribution is 2.22. The summed E-state index contributed by atoms with van der Waals surface area (Å²) in [6.07, 6.45) is 3.45. The minimum Gasteiger partial charge on any atom is -0.337 e. The summed E-state index contributed by atoms with van der Waals surface area (Å²) >= 11 is 9.40. The van der Waals surface area contributed by atoms with E-state index in [1.807, 2.05) is 12.1 Å². The van der Waals surface area contributed by atoms with Gasteiger partial charge in [-0.2, -0.15) is 0 Å². The summed E-state index contributed by atoms with van der Waals surface area (Å²) in [4.78, 5) is 18.0. The lowest BCUT2D eigenvalue weighted by Gasteiger charge is -2.18. The summed E-state index contributed by atoms with van der Waals surface area (Å²) in [5, 5.41) is 0.450. The molecule has 19 heavy (non-hydrogen) atoms. The van der Waals surface area contributed by atoms with Crippen molar-refractivity contribution >= 4 is 33.4 Å². The second kappa shape index (κ2) is 6.17. The van der Waals surface area contributed by atoms with E-state index in [1.54, 1.807) is 42.5 Å². The van der Waals surface area contributed by atoms with Gasteiger partial charge in [0.2, 0.25) is 0 Å². The maximum absolute atomic E-state index is 12.3. The molecule has 0 bridgehead atoms. The Morgan fingerprint density at radius 1 is 1.42 bits per heavy atom. The summed E-state index contributed by atoms with van der Waals surface area (Å²) in [5.41, 5.74) is 1.46. The van der Waals surface area contributed by atoms with Crippen LogP contribution in [0.4, 0.5) is 0 Å². The van der Waals surface area contributed by atoms with Crippen molar-refractivity contribution in [3.63, 3.8) is 0 Å². The largest absolute Gasteiger partial charge is 0.337 e. The zero-order chi connectivity index (χ0) is 13.8. The Hall–Kier alpha value is -1.39. The third-order valence-corrected chi connectivity index (χ3v) is 3.47. The Morgan fingerprint density at radius 2 is 2.21 bits per heavy atom. The first-order valence-corrected chi connectivity index (χ1v) is 6.84. The molecule has 1 amide bonds. The van der Waals surface area contributed by atoms with Crippen molar-refractivity contribution in [2.24, 2.45) is 0 Å². The third kappa shape index (κ3) is 3.55. The van der Waals surface area contributed by atoms with Crippen molar-refractivity contribution in [2.75, 3.05) is 7.05 Å². The molecule has 1 aromatic carbocycles. The number of carbonyl (C=O) groups excluding carboxylic acids is 1. The average molecular weight is 340 g/mol. The second-order valence-corrected chi connectivity index (χ2v) is 5.47. The fourth-order valence-corrected chi connectivity index (χ4v) is 2.26. The monoisotopic (exact) mass is 338 g/mol. The van der Waals surface area contributed by atoms with E-state index in [9.17, 15) is 4.79 Å². The van der Waals surface area contributed by atoms with Crippen molar-refractivity contribution in [2.45, 2.75) is 6.54 Å². The number of nitrogens with zero attached hydrogens (tertiary/aromatic N) is 2. The van der Waals surface area contributed by atoms with Gasteiger partial charge in [-0.15, -0.1) is 0 Å². The molecule has 1 heterocycles. The van der Waals surface area contributed by atoms with E-state index in [1.165, 1.54) is 0 Å². The van der Waals surface area contributed by atoms with Crippen LogP contribution in [-0.2, 0) is 6.54 Å². The Kier molecular flexibility index (Phi) is 4.56. The van der Waals surface area contributed by atoms with Crippen LogP contribution in [-0.4, -0.2) is 22.8 Å². The van der Waals surface area contributed by atoms with Crippen LogP contribution >= 0.6 is 27.5 Å². The number of rotatable bonds is 3. The van der Waals surface area contributed by atoms with Crippen molar-refractivity contribution in [3.8, 4) is 0 Å². The van der Waals surface area contributed by atoms with E-state index in [4.69, 9.17) is 11.6 Å². The molecule has 0 saturated carbocycles. The first-order chi connectivity index (χ1) is 9.08. The van der Waals surface area contributed by atoms with E-state index in [0.717, 1.165) is 10.0 Å². The Morgan fingerprint density at radius 3 is 2.89 bits per heavy atom. The normalized spacial score (nSPS) is 10.3. The van der Waals surface area contributed by atoms with Gasteiger partial charge in [0, 0.05) is 30.5 Å². The minimum absolute atomic E-state index is 0.116. The summed E-state index contributed by atoms with van der Waals surface area (Å²) in [5.74, 6) is -0.116. The van der Waals surface area contributed by atoms with Gasteiger partial charge in [0.25, 0.3) is 5.91 Å². The second-order valence-electron chi connectivity index (χ2n) is 4.15. The van der Waals surface area contributed by atoms with Crippen LogP contribution in [0.15, 0.2) is 47.2 Å². The number of hydrogen-bond acceptors (Lipinski definition) is 2. The molecule has 0 aliphatic carbocycles. The van der Waals surface area contributed by atoms with Gasteiger partial charge in [-0.1, -0.05) is 33.6 Å². The van der Waals surface area contributed by atoms with Gasteiger partial charge in [-0.05, 0) is 29.8 Å². The predicted octanol–water partition coefficient (Wildman–Crippen LogP) is 3.77. The van der Waals surface area contributed by atoms with E-state index < -0.39 is 0 Å². The number of carbonyl (C=O) groups is 1. The summed E-state index contributed by atoms with van der Waals surface area (Å²) in [6.45, 7) is 0.496. The average Bonchev–Trinajstić information content (AvgIpc) is 2.42. The molecule has 0 atom stereocenters. The van der Waals surface area contributed by atoms with Crippen molar-refractivity contribution in [1.82, 2.24) is 9.88 Å². The van der Waals surface area contributed by atoms with Crippen LogP contribution in [0.5, 0.6) is 0 Å².